The lowest BCUT2D eigenvalue weighted by atomic mass is 10.2. The Kier molecular flexibility index (Phi) is 6.38. The first-order chi connectivity index (χ1) is 14.3. The van der Waals surface area contributed by atoms with Gasteiger partial charge in [0, 0.05) is 11.8 Å². The molecule has 0 unspecified atom stereocenters. The topological polar surface area (TPSA) is 116 Å². The minimum absolute atomic E-state index is 0.194. The summed E-state index contributed by atoms with van der Waals surface area (Å²) in [5, 5.41) is 21.1. The number of phenols is 1. The van der Waals surface area contributed by atoms with E-state index in [9.17, 15) is 19.5 Å². The van der Waals surface area contributed by atoms with Gasteiger partial charge in [-0.15, -0.1) is 0 Å². The maximum absolute atomic E-state index is 12.7. The lowest BCUT2D eigenvalue weighted by molar-refractivity contribution is -0.126. The lowest BCUT2D eigenvalue weighted by Crippen LogP contribution is -2.36. The van der Waals surface area contributed by atoms with Crippen molar-refractivity contribution in [3.8, 4) is 11.5 Å². The van der Waals surface area contributed by atoms with Crippen LogP contribution in [0.2, 0.25) is 0 Å². The van der Waals surface area contributed by atoms with E-state index in [0.717, 1.165) is 23.4 Å². The van der Waals surface area contributed by atoms with Gasteiger partial charge in [-0.05, 0) is 35.9 Å². The van der Waals surface area contributed by atoms with Gasteiger partial charge in [-0.25, -0.2) is 4.79 Å². The third-order valence-electron chi connectivity index (χ3n) is 4.08. The van der Waals surface area contributed by atoms with Crippen molar-refractivity contribution in [2.45, 2.75) is 0 Å². The third-order valence-corrected chi connectivity index (χ3v) is 5.46. The van der Waals surface area contributed by atoms with E-state index in [1.807, 2.05) is 6.07 Å². The number of carboxylic acids is 1. The standard InChI is InChI=1S/C20H16N2O6S2/c1-28-13-4-2-3-11(7-13)8-16-18(25)22(20(29)30-16)10-17(24)21-12-5-6-14(19(26)27)15(23)9-12/h2-9,23H,10H2,1H3,(H,21,24)(H,26,27)/b16-8+. The van der Waals surface area contributed by atoms with Gasteiger partial charge < -0.3 is 20.3 Å². The van der Waals surface area contributed by atoms with E-state index in [1.165, 1.54) is 17.0 Å². The first-order valence-electron chi connectivity index (χ1n) is 8.54. The molecule has 1 fully saturated rings. The van der Waals surface area contributed by atoms with E-state index in [2.05, 4.69) is 5.32 Å². The second-order valence-corrected chi connectivity index (χ2v) is 7.81. The smallest absolute Gasteiger partial charge is 0.339 e. The van der Waals surface area contributed by atoms with Gasteiger partial charge in [0.05, 0.1) is 12.0 Å². The normalized spacial score (nSPS) is 14.8. The number of amides is 2. The van der Waals surface area contributed by atoms with Crippen molar-refractivity contribution in [3.63, 3.8) is 0 Å². The van der Waals surface area contributed by atoms with Crippen LogP contribution in [0.5, 0.6) is 11.5 Å². The highest BCUT2D eigenvalue weighted by atomic mass is 32.2. The van der Waals surface area contributed by atoms with Gasteiger partial charge in [-0.2, -0.15) is 0 Å². The van der Waals surface area contributed by atoms with Crippen molar-refractivity contribution < 1.29 is 29.3 Å². The van der Waals surface area contributed by atoms with Crippen molar-refractivity contribution in [1.82, 2.24) is 4.90 Å². The molecule has 1 aliphatic heterocycles. The molecule has 3 N–H and O–H groups in total. The number of carboxylic acid groups (broad SMARTS) is 1. The van der Waals surface area contributed by atoms with Crippen LogP contribution >= 0.6 is 24.0 Å². The number of carbonyl (C=O) groups excluding carboxylic acids is 2. The number of aromatic hydroxyl groups is 1. The van der Waals surface area contributed by atoms with Crippen molar-refractivity contribution in [2.24, 2.45) is 0 Å². The molecule has 0 aromatic heterocycles. The molecule has 0 aliphatic carbocycles. The van der Waals surface area contributed by atoms with Crippen molar-refractivity contribution in [2.75, 3.05) is 19.0 Å². The molecule has 1 heterocycles. The fraction of sp³-hybridized carbons (Fsp3) is 0.100. The van der Waals surface area contributed by atoms with E-state index in [1.54, 1.807) is 31.4 Å². The van der Waals surface area contributed by atoms with Gasteiger partial charge in [-0.1, -0.05) is 36.1 Å². The number of benzene rings is 2. The van der Waals surface area contributed by atoms with Gasteiger partial charge in [0.1, 0.15) is 27.9 Å². The highest BCUT2D eigenvalue weighted by Crippen LogP contribution is 2.33. The SMILES string of the molecule is COc1cccc(/C=C2/SC(=S)N(CC(=O)Nc3ccc(C(=O)O)c(O)c3)C2=O)c1. The molecular weight excluding hydrogens is 428 g/mol. The quantitative estimate of drug-likeness (QED) is 0.460. The number of hydrogen-bond donors (Lipinski definition) is 3. The molecule has 2 aromatic rings. The molecule has 1 saturated heterocycles. The zero-order valence-electron chi connectivity index (χ0n) is 15.6. The molecule has 0 spiro atoms. The molecule has 30 heavy (non-hydrogen) atoms. The van der Waals surface area contributed by atoms with Crippen LogP contribution in [-0.4, -0.2) is 50.9 Å². The van der Waals surface area contributed by atoms with Crippen LogP contribution in [-0.2, 0) is 9.59 Å². The van der Waals surface area contributed by atoms with Gasteiger partial charge in [0.2, 0.25) is 5.91 Å². The van der Waals surface area contributed by atoms with Gasteiger partial charge in [0.25, 0.3) is 5.91 Å². The molecule has 2 amide bonds. The Hall–Kier alpha value is -3.37. The van der Waals surface area contributed by atoms with E-state index in [-0.39, 0.29) is 22.1 Å². The Bertz CT molecular complexity index is 1080. The third kappa shape index (κ3) is 4.78. The first kappa shape index (κ1) is 21.3. The summed E-state index contributed by atoms with van der Waals surface area (Å²) in [6.45, 7) is -0.318. The number of nitrogens with zero attached hydrogens (tertiary/aromatic N) is 1. The molecule has 10 heteroatoms. The average molecular weight is 444 g/mol. The number of hydrogen-bond acceptors (Lipinski definition) is 7. The number of aromatic carboxylic acids is 1. The molecule has 0 atom stereocenters. The van der Waals surface area contributed by atoms with Gasteiger partial charge in [0.15, 0.2) is 0 Å². The summed E-state index contributed by atoms with van der Waals surface area (Å²) in [5.74, 6) is -2.06. The summed E-state index contributed by atoms with van der Waals surface area (Å²) in [6.07, 6.45) is 1.67. The van der Waals surface area contributed by atoms with Crippen LogP contribution in [0.3, 0.4) is 0 Å². The van der Waals surface area contributed by atoms with Crippen LogP contribution in [0.15, 0.2) is 47.4 Å². The molecular formula is C20H16N2O6S2. The Morgan fingerprint density at radius 3 is 2.70 bits per heavy atom. The Labute approximate surface area is 181 Å². The molecule has 2 aromatic carbocycles. The zero-order valence-corrected chi connectivity index (χ0v) is 17.3. The van der Waals surface area contributed by atoms with E-state index in [4.69, 9.17) is 22.1 Å². The lowest BCUT2D eigenvalue weighted by Gasteiger charge is -2.14. The number of ether oxygens (including phenoxy) is 1. The summed E-state index contributed by atoms with van der Waals surface area (Å²) in [4.78, 5) is 37.5. The highest BCUT2D eigenvalue weighted by molar-refractivity contribution is 8.26. The predicted octanol–water partition coefficient (Wildman–Crippen LogP) is 2.94. The van der Waals surface area contributed by atoms with Crippen LogP contribution < -0.4 is 10.1 Å². The predicted molar refractivity (Wildman–Crippen MR) is 117 cm³/mol. The molecule has 3 rings (SSSR count). The van der Waals surface area contributed by atoms with Crippen molar-refractivity contribution in [3.05, 3.63) is 58.5 Å². The highest BCUT2D eigenvalue weighted by Gasteiger charge is 2.33. The maximum atomic E-state index is 12.7. The van der Waals surface area contributed by atoms with Crippen LogP contribution in [0, 0.1) is 0 Å². The van der Waals surface area contributed by atoms with Gasteiger partial charge in [-0.3, -0.25) is 14.5 Å². The van der Waals surface area contributed by atoms with Crippen molar-refractivity contribution >= 4 is 57.8 Å². The molecule has 8 nitrogen and oxygen atoms in total. The number of thiocarbonyl (C=S) groups is 1. The zero-order chi connectivity index (χ0) is 21.8. The summed E-state index contributed by atoms with van der Waals surface area (Å²) < 4.78 is 5.41. The van der Waals surface area contributed by atoms with E-state index >= 15 is 0 Å². The number of nitrogens with one attached hydrogen (secondary N) is 1. The Balaban J connectivity index is 1.69. The summed E-state index contributed by atoms with van der Waals surface area (Å²) in [6, 6.07) is 10.8. The van der Waals surface area contributed by atoms with E-state index < -0.39 is 23.5 Å². The van der Waals surface area contributed by atoms with Crippen LogP contribution in [0.1, 0.15) is 15.9 Å². The minimum atomic E-state index is -1.29. The molecule has 1 aliphatic rings. The van der Waals surface area contributed by atoms with Crippen molar-refractivity contribution in [1.29, 1.82) is 0 Å². The number of thioether (sulfide) groups is 1. The maximum Gasteiger partial charge on any atom is 0.339 e. The number of carbonyl (C=O) groups is 3. The summed E-state index contributed by atoms with van der Waals surface area (Å²) >= 11 is 6.32. The summed E-state index contributed by atoms with van der Waals surface area (Å²) in [5.41, 5.74) is 0.667. The Morgan fingerprint density at radius 2 is 2.03 bits per heavy atom. The van der Waals surface area contributed by atoms with E-state index in [0.29, 0.717) is 10.7 Å². The fourth-order valence-corrected chi connectivity index (χ4v) is 3.91. The first-order valence-corrected chi connectivity index (χ1v) is 9.76. The number of methoxy groups -OCH3 is 1. The average Bonchev–Trinajstić information content (AvgIpc) is 2.95. The molecule has 0 bridgehead atoms. The van der Waals surface area contributed by atoms with Crippen LogP contribution in [0.25, 0.3) is 6.08 Å². The number of rotatable bonds is 6. The minimum Gasteiger partial charge on any atom is -0.507 e. The fourth-order valence-electron chi connectivity index (χ4n) is 2.65. The van der Waals surface area contributed by atoms with Gasteiger partial charge >= 0.3 is 5.97 Å². The second kappa shape index (κ2) is 8.97. The number of anilines is 1. The molecule has 0 radical (unpaired) electrons. The molecule has 154 valence electrons. The summed E-state index contributed by atoms with van der Waals surface area (Å²) in [7, 11) is 1.55. The molecule has 0 saturated carbocycles. The van der Waals surface area contributed by atoms with Crippen LogP contribution in [0.4, 0.5) is 5.69 Å². The Morgan fingerprint density at radius 1 is 1.27 bits per heavy atom. The largest absolute Gasteiger partial charge is 0.507 e. The monoisotopic (exact) mass is 444 g/mol. The second-order valence-electron chi connectivity index (χ2n) is 6.13.